The quantitative estimate of drug-likeness (QED) is 0.382. The van der Waals surface area contributed by atoms with Gasteiger partial charge in [0.05, 0.1) is 20.1 Å². The maximum Gasteiger partial charge on any atom is 0.246 e. The summed E-state index contributed by atoms with van der Waals surface area (Å²) in [5.41, 5.74) is 3.21. The van der Waals surface area contributed by atoms with Gasteiger partial charge in [-0.1, -0.05) is 42.1 Å². The Kier molecular flexibility index (Phi) is 8.15. The predicted octanol–water partition coefficient (Wildman–Crippen LogP) is 5.64. The number of aryl methyl sites for hydroxylation is 1. The van der Waals surface area contributed by atoms with Crippen molar-refractivity contribution in [2.75, 3.05) is 32.2 Å². The van der Waals surface area contributed by atoms with Crippen LogP contribution in [0.15, 0.2) is 47.0 Å². The highest BCUT2D eigenvalue weighted by Crippen LogP contribution is 2.32. The molecule has 5 rings (SSSR count). The van der Waals surface area contributed by atoms with Crippen molar-refractivity contribution in [2.24, 2.45) is 5.92 Å². The molecule has 1 aliphatic carbocycles. The van der Waals surface area contributed by atoms with Crippen LogP contribution in [-0.2, 0) is 11.3 Å². The Bertz CT molecular complexity index is 1220. The van der Waals surface area contributed by atoms with E-state index in [1.54, 1.807) is 14.2 Å². The Balaban J connectivity index is 1.34. The fourth-order valence-electron chi connectivity index (χ4n) is 5.74. The van der Waals surface area contributed by atoms with Crippen molar-refractivity contribution in [1.29, 1.82) is 0 Å². The molecular formula is C30H38N4O4. The number of hydrogen-bond acceptors (Lipinski definition) is 7. The fraction of sp³-hybridized carbons (Fsp3) is 0.500. The van der Waals surface area contributed by atoms with Crippen LogP contribution in [-0.4, -0.2) is 54.3 Å². The molecule has 0 spiro atoms. The number of methoxy groups -OCH3 is 2. The van der Waals surface area contributed by atoms with E-state index in [9.17, 15) is 4.79 Å². The number of nitrogens with zero attached hydrogens (tertiary/aromatic N) is 4. The highest BCUT2D eigenvalue weighted by atomic mass is 16.5. The number of ether oxygens (including phenoxy) is 2. The minimum atomic E-state index is -0.0415. The van der Waals surface area contributed by atoms with Crippen LogP contribution in [0.1, 0.15) is 56.4 Å². The number of anilines is 1. The summed E-state index contributed by atoms with van der Waals surface area (Å²) in [6.07, 6.45) is 7.49. The van der Waals surface area contributed by atoms with Crippen LogP contribution in [0.4, 0.5) is 5.69 Å². The van der Waals surface area contributed by atoms with E-state index in [-0.39, 0.29) is 17.9 Å². The number of carbonyl (C=O) groups is 1. The predicted molar refractivity (Wildman–Crippen MR) is 146 cm³/mol. The van der Waals surface area contributed by atoms with Gasteiger partial charge in [0.2, 0.25) is 17.6 Å². The lowest BCUT2D eigenvalue weighted by molar-refractivity contribution is -0.140. The molecule has 8 nitrogen and oxygen atoms in total. The van der Waals surface area contributed by atoms with Crippen molar-refractivity contribution < 1.29 is 18.8 Å². The summed E-state index contributed by atoms with van der Waals surface area (Å²) in [7, 11) is 3.20. The van der Waals surface area contributed by atoms with Crippen molar-refractivity contribution in [3.8, 4) is 22.9 Å². The van der Waals surface area contributed by atoms with Gasteiger partial charge in [-0.2, -0.15) is 4.98 Å². The summed E-state index contributed by atoms with van der Waals surface area (Å²) in [5.74, 6) is 2.34. The average molecular weight is 519 g/mol. The Morgan fingerprint density at radius 3 is 2.50 bits per heavy atom. The second kappa shape index (κ2) is 11.9. The first-order chi connectivity index (χ1) is 18.6. The van der Waals surface area contributed by atoms with E-state index in [2.05, 4.69) is 46.2 Å². The van der Waals surface area contributed by atoms with E-state index in [0.29, 0.717) is 29.8 Å². The SMILES string of the molecule is COc1ccc(-c2noc(CN(C(=O)C3CCCN(c4ccc(C)cc4)C3)C3CCCCC3)n2)cc1OC. The molecule has 1 amide bonds. The summed E-state index contributed by atoms with van der Waals surface area (Å²) in [6.45, 7) is 4.16. The first-order valence-corrected chi connectivity index (χ1v) is 13.7. The van der Waals surface area contributed by atoms with Crippen LogP contribution < -0.4 is 14.4 Å². The maximum absolute atomic E-state index is 14.0. The normalized spacial score (nSPS) is 18.3. The van der Waals surface area contributed by atoms with Crippen LogP contribution in [0.3, 0.4) is 0 Å². The zero-order valence-corrected chi connectivity index (χ0v) is 22.7. The molecule has 3 aromatic rings. The van der Waals surface area contributed by atoms with Crippen molar-refractivity contribution in [3.05, 3.63) is 53.9 Å². The third-order valence-corrected chi connectivity index (χ3v) is 7.88. The highest BCUT2D eigenvalue weighted by molar-refractivity contribution is 5.80. The van der Waals surface area contributed by atoms with Crippen LogP contribution in [0.5, 0.6) is 11.5 Å². The number of rotatable bonds is 8. The van der Waals surface area contributed by atoms with Crippen molar-refractivity contribution in [1.82, 2.24) is 15.0 Å². The summed E-state index contributed by atoms with van der Waals surface area (Å²) in [5, 5.41) is 4.22. The number of benzene rings is 2. The van der Waals surface area contributed by atoms with Gasteiger partial charge >= 0.3 is 0 Å². The third kappa shape index (κ3) is 5.79. The van der Waals surface area contributed by atoms with Crippen LogP contribution >= 0.6 is 0 Å². The van der Waals surface area contributed by atoms with Gasteiger partial charge in [-0.25, -0.2) is 0 Å². The fourth-order valence-corrected chi connectivity index (χ4v) is 5.74. The molecule has 1 aliphatic heterocycles. The first kappa shape index (κ1) is 26.1. The Hall–Kier alpha value is -3.55. The average Bonchev–Trinajstić information content (AvgIpc) is 3.45. The molecule has 1 saturated heterocycles. The summed E-state index contributed by atoms with van der Waals surface area (Å²) in [6, 6.07) is 14.3. The lowest BCUT2D eigenvalue weighted by Gasteiger charge is -2.39. The van der Waals surface area contributed by atoms with Gasteiger partial charge in [0.25, 0.3) is 0 Å². The van der Waals surface area contributed by atoms with Crippen molar-refractivity contribution in [2.45, 2.75) is 64.5 Å². The monoisotopic (exact) mass is 518 g/mol. The molecule has 1 saturated carbocycles. The number of carbonyl (C=O) groups excluding carboxylic acids is 1. The molecule has 2 fully saturated rings. The largest absolute Gasteiger partial charge is 0.493 e. The van der Waals surface area contributed by atoms with Gasteiger partial charge in [-0.15, -0.1) is 0 Å². The number of hydrogen-bond donors (Lipinski definition) is 0. The van der Waals surface area contributed by atoms with Gasteiger partial charge in [0, 0.05) is 30.4 Å². The molecule has 0 N–H and O–H groups in total. The standard InChI is InChI=1S/C30H38N4O4/c1-21-11-14-24(15-12-21)33-17-7-8-23(19-33)30(35)34(25-9-5-4-6-10-25)20-28-31-29(32-38-28)22-13-16-26(36-2)27(18-22)37-3/h11-16,18,23,25H,4-10,17,19-20H2,1-3H3. The molecule has 0 bridgehead atoms. The molecule has 0 radical (unpaired) electrons. The van der Waals surface area contributed by atoms with E-state index in [0.717, 1.165) is 57.2 Å². The number of piperidine rings is 1. The summed E-state index contributed by atoms with van der Waals surface area (Å²) >= 11 is 0. The second-order valence-corrected chi connectivity index (χ2v) is 10.5. The summed E-state index contributed by atoms with van der Waals surface area (Å²) in [4.78, 5) is 23.1. The molecule has 202 valence electrons. The highest BCUT2D eigenvalue weighted by Gasteiger charge is 2.34. The van der Waals surface area contributed by atoms with E-state index < -0.39 is 0 Å². The Morgan fingerprint density at radius 1 is 1.00 bits per heavy atom. The molecule has 1 unspecified atom stereocenters. The second-order valence-electron chi connectivity index (χ2n) is 10.5. The third-order valence-electron chi connectivity index (χ3n) is 7.88. The lowest BCUT2D eigenvalue weighted by Crippen LogP contribution is -2.48. The zero-order chi connectivity index (χ0) is 26.5. The van der Waals surface area contributed by atoms with Crippen LogP contribution in [0, 0.1) is 12.8 Å². The molecule has 1 aromatic heterocycles. The molecule has 2 heterocycles. The van der Waals surface area contributed by atoms with Gasteiger partial charge < -0.3 is 23.8 Å². The molecule has 1 atom stereocenters. The van der Waals surface area contributed by atoms with Crippen molar-refractivity contribution >= 4 is 11.6 Å². The van der Waals surface area contributed by atoms with Gasteiger partial charge in [-0.05, 0) is 62.9 Å². The van der Waals surface area contributed by atoms with E-state index in [1.165, 1.54) is 17.7 Å². The topological polar surface area (TPSA) is 80.9 Å². The maximum atomic E-state index is 14.0. The number of amides is 1. The smallest absolute Gasteiger partial charge is 0.246 e. The van der Waals surface area contributed by atoms with E-state index in [1.807, 2.05) is 23.1 Å². The lowest BCUT2D eigenvalue weighted by atomic mass is 9.91. The first-order valence-electron chi connectivity index (χ1n) is 13.7. The van der Waals surface area contributed by atoms with E-state index in [4.69, 9.17) is 14.0 Å². The molecule has 2 aromatic carbocycles. The minimum Gasteiger partial charge on any atom is -0.493 e. The van der Waals surface area contributed by atoms with Crippen LogP contribution in [0.2, 0.25) is 0 Å². The van der Waals surface area contributed by atoms with Gasteiger partial charge in [0.1, 0.15) is 6.54 Å². The zero-order valence-electron chi connectivity index (χ0n) is 22.7. The van der Waals surface area contributed by atoms with Crippen LogP contribution in [0.25, 0.3) is 11.4 Å². The van der Waals surface area contributed by atoms with Gasteiger partial charge in [-0.3, -0.25) is 4.79 Å². The number of aromatic nitrogens is 2. The van der Waals surface area contributed by atoms with Crippen molar-refractivity contribution in [3.63, 3.8) is 0 Å². The summed E-state index contributed by atoms with van der Waals surface area (Å²) < 4.78 is 16.4. The molecular weight excluding hydrogens is 480 g/mol. The minimum absolute atomic E-state index is 0.0415. The van der Waals surface area contributed by atoms with E-state index >= 15 is 0 Å². The van der Waals surface area contributed by atoms with Gasteiger partial charge in [0.15, 0.2) is 11.5 Å². The molecule has 8 heteroatoms. The molecule has 38 heavy (non-hydrogen) atoms. The Morgan fingerprint density at radius 2 is 1.76 bits per heavy atom. The Labute approximate surface area is 224 Å². The molecule has 2 aliphatic rings.